The topological polar surface area (TPSA) is 0 Å². The van der Waals surface area contributed by atoms with Gasteiger partial charge in [-0.2, -0.15) is 0 Å². The van der Waals surface area contributed by atoms with Crippen LogP contribution in [0.5, 0.6) is 0 Å². The minimum Gasteiger partial charge on any atom is -0.0996 e. The molecule has 0 unspecified atom stereocenters. The van der Waals surface area contributed by atoms with Crippen molar-refractivity contribution in [1.82, 2.24) is 0 Å². The quantitative estimate of drug-likeness (QED) is 0.513. The Morgan fingerprint density at radius 1 is 1.27 bits per heavy atom. The van der Waals surface area contributed by atoms with Gasteiger partial charge in [-0.3, -0.25) is 0 Å². The van der Waals surface area contributed by atoms with E-state index in [4.69, 9.17) is 0 Å². The van der Waals surface area contributed by atoms with E-state index in [9.17, 15) is 0 Å². The third-order valence-electron chi connectivity index (χ3n) is 6.35. The lowest BCUT2D eigenvalue weighted by atomic mass is 9.67. The van der Waals surface area contributed by atoms with Gasteiger partial charge in [0.25, 0.3) is 0 Å². The molecule has 3 saturated carbocycles. The molecule has 4 atom stereocenters. The van der Waals surface area contributed by atoms with Crippen LogP contribution in [0.2, 0.25) is 0 Å². The van der Waals surface area contributed by atoms with Crippen LogP contribution >= 0.6 is 0 Å². The molecule has 0 aromatic rings. The Morgan fingerprint density at radius 2 is 2.00 bits per heavy atom. The Kier molecular flexibility index (Phi) is 1.79. The van der Waals surface area contributed by atoms with Gasteiger partial charge in [-0.05, 0) is 60.7 Å². The maximum atomic E-state index is 4.34. The Balaban J connectivity index is 2.08. The van der Waals surface area contributed by atoms with Crippen LogP contribution in [0, 0.1) is 28.6 Å². The highest BCUT2D eigenvalue weighted by atomic mass is 14.7. The van der Waals surface area contributed by atoms with Crippen LogP contribution < -0.4 is 0 Å². The zero-order valence-electron chi connectivity index (χ0n) is 10.5. The predicted octanol–water partition coefficient (Wildman–Crippen LogP) is 4.42. The summed E-state index contributed by atoms with van der Waals surface area (Å²) in [5, 5.41) is 0. The molecule has 0 N–H and O–H groups in total. The molecule has 0 nitrogen and oxygen atoms in total. The van der Waals surface area contributed by atoms with Crippen LogP contribution in [-0.4, -0.2) is 0 Å². The van der Waals surface area contributed by atoms with E-state index in [2.05, 4.69) is 27.4 Å². The van der Waals surface area contributed by atoms with Crippen molar-refractivity contribution >= 4 is 0 Å². The summed E-state index contributed by atoms with van der Waals surface area (Å²) in [5.41, 5.74) is 2.82. The summed E-state index contributed by atoms with van der Waals surface area (Å²) in [7, 11) is 0. The molecule has 3 fully saturated rings. The lowest BCUT2D eigenvalue weighted by Gasteiger charge is -2.38. The third kappa shape index (κ3) is 0.990. The molecule has 2 bridgehead atoms. The Labute approximate surface area is 94.1 Å². The van der Waals surface area contributed by atoms with Gasteiger partial charge in [0.05, 0.1) is 0 Å². The van der Waals surface area contributed by atoms with Crippen molar-refractivity contribution in [3.05, 3.63) is 12.2 Å². The van der Waals surface area contributed by atoms with Gasteiger partial charge in [-0.1, -0.05) is 32.9 Å². The smallest absolute Gasteiger partial charge is 0.0146 e. The van der Waals surface area contributed by atoms with Crippen LogP contribution in [0.25, 0.3) is 0 Å². The highest BCUT2D eigenvalue weighted by molar-refractivity contribution is 5.23. The summed E-state index contributed by atoms with van der Waals surface area (Å²) >= 11 is 0. The molecular formula is C15H24. The second-order valence-corrected chi connectivity index (χ2v) is 7.00. The molecule has 0 radical (unpaired) electrons. The molecule has 0 saturated heterocycles. The molecule has 0 aliphatic heterocycles. The summed E-state index contributed by atoms with van der Waals surface area (Å²) in [4.78, 5) is 0. The average molecular weight is 204 g/mol. The normalized spacial score (nSPS) is 51.9. The molecule has 0 aromatic carbocycles. The molecule has 84 valence electrons. The first-order valence-electron chi connectivity index (χ1n) is 6.66. The highest BCUT2D eigenvalue weighted by Gasteiger charge is 2.63. The molecule has 15 heavy (non-hydrogen) atoms. The average Bonchev–Trinajstić information content (AvgIpc) is 2.57. The molecule has 0 heterocycles. The minimum atomic E-state index is 0.540. The largest absolute Gasteiger partial charge is 0.0996 e. The number of fused-ring (bicyclic) bond motifs is 1. The zero-order chi connectivity index (χ0) is 10.8. The minimum absolute atomic E-state index is 0.540. The highest BCUT2D eigenvalue weighted by Crippen LogP contribution is 2.72. The summed E-state index contributed by atoms with van der Waals surface area (Å²) < 4.78 is 0. The van der Waals surface area contributed by atoms with E-state index in [0.717, 1.165) is 23.2 Å². The van der Waals surface area contributed by atoms with Gasteiger partial charge in [0.15, 0.2) is 0 Å². The third-order valence-corrected chi connectivity index (χ3v) is 6.35. The van der Waals surface area contributed by atoms with Crippen LogP contribution in [0.3, 0.4) is 0 Å². The Morgan fingerprint density at radius 3 is 2.73 bits per heavy atom. The van der Waals surface area contributed by atoms with E-state index < -0.39 is 0 Å². The van der Waals surface area contributed by atoms with Gasteiger partial charge >= 0.3 is 0 Å². The van der Waals surface area contributed by atoms with Crippen molar-refractivity contribution in [1.29, 1.82) is 0 Å². The van der Waals surface area contributed by atoms with Gasteiger partial charge in [0.1, 0.15) is 0 Å². The van der Waals surface area contributed by atoms with Gasteiger partial charge in [-0.15, -0.1) is 0 Å². The van der Waals surface area contributed by atoms with Crippen molar-refractivity contribution in [3.8, 4) is 0 Å². The van der Waals surface area contributed by atoms with Crippen LogP contribution in [0.1, 0.15) is 52.9 Å². The van der Waals surface area contributed by atoms with E-state index in [-0.39, 0.29) is 0 Å². The van der Waals surface area contributed by atoms with Crippen molar-refractivity contribution in [2.45, 2.75) is 52.9 Å². The predicted molar refractivity (Wildman–Crippen MR) is 64.6 cm³/mol. The fourth-order valence-corrected chi connectivity index (χ4v) is 5.44. The van der Waals surface area contributed by atoms with Crippen LogP contribution in [-0.2, 0) is 0 Å². The van der Waals surface area contributed by atoms with Crippen LogP contribution in [0.4, 0.5) is 0 Å². The zero-order valence-corrected chi connectivity index (χ0v) is 10.5. The maximum Gasteiger partial charge on any atom is -0.0146 e. The molecule has 0 amide bonds. The number of hydrogen-bond acceptors (Lipinski definition) is 0. The first kappa shape index (κ1) is 9.93. The van der Waals surface area contributed by atoms with Gasteiger partial charge in [0.2, 0.25) is 0 Å². The van der Waals surface area contributed by atoms with Gasteiger partial charge in [0, 0.05) is 0 Å². The van der Waals surface area contributed by atoms with Crippen molar-refractivity contribution in [3.63, 3.8) is 0 Å². The molecule has 0 aromatic heterocycles. The molecular weight excluding hydrogens is 180 g/mol. The Bertz CT molecular complexity index is 312. The standard InChI is InChI=1S/C15H24/c1-10-7-8-15-9-12(10)14(3,4)13(15)6-5-11(15)2/h11-13H,1,5-9H2,2-4H3/t11-,12-,13-,15+/m1/s1. The summed E-state index contributed by atoms with van der Waals surface area (Å²) in [6.45, 7) is 11.9. The second kappa shape index (κ2) is 2.70. The van der Waals surface area contributed by atoms with E-state index in [1.807, 2.05) is 0 Å². The molecule has 1 spiro atoms. The van der Waals surface area contributed by atoms with Crippen molar-refractivity contribution in [2.75, 3.05) is 0 Å². The molecule has 0 heteroatoms. The fraction of sp³-hybridized carbons (Fsp3) is 0.867. The van der Waals surface area contributed by atoms with E-state index in [1.165, 1.54) is 32.1 Å². The van der Waals surface area contributed by atoms with Crippen LogP contribution in [0.15, 0.2) is 12.2 Å². The monoisotopic (exact) mass is 204 g/mol. The lowest BCUT2D eigenvalue weighted by Crippen LogP contribution is -2.30. The number of allylic oxidation sites excluding steroid dienone is 1. The first-order valence-corrected chi connectivity index (χ1v) is 6.66. The van der Waals surface area contributed by atoms with Crippen molar-refractivity contribution in [2.24, 2.45) is 28.6 Å². The first-order chi connectivity index (χ1) is 6.98. The molecule has 3 aliphatic rings. The summed E-state index contributed by atoms with van der Waals surface area (Å²) in [6.07, 6.45) is 7.18. The van der Waals surface area contributed by atoms with Crippen molar-refractivity contribution < 1.29 is 0 Å². The maximum absolute atomic E-state index is 4.34. The summed E-state index contributed by atoms with van der Waals surface area (Å²) in [6, 6.07) is 0. The SMILES string of the molecule is C=C1CC[C@@]23C[C@H]1C(C)(C)[C@H]2CC[C@H]3C. The fourth-order valence-electron chi connectivity index (χ4n) is 5.44. The number of hydrogen-bond donors (Lipinski definition) is 0. The molecule has 3 rings (SSSR count). The summed E-state index contributed by atoms with van der Waals surface area (Å²) in [5.74, 6) is 2.79. The number of rotatable bonds is 0. The lowest BCUT2D eigenvalue weighted by molar-refractivity contribution is 0.118. The van der Waals surface area contributed by atoms with E-state index in [1.54, 1.807) is 5.57 Å². The molecule has 3 aliphatic carbocycles. The van der Waals surface area contributed by atoms with Gasteiger partial charge in [-0.25, -0.2) is 0 Å². The van der Waals surface area contributed by atoms with E-state index in [0.29, 0.717) is 5.41 Å². The van der Waals surface area contributed by atoms with E-state index >= 15 is 0 Å². The Hall–Kier alpha value is -0.260. The second-order valence-electron chi connectivity index (χ2n) is 7.00. The van der Waals surface area contributed by atoms with Gasteiger partial charge < -0.3 is 0 Å².